The predicted octanol–water partition coefficient (Wildman–Crippen LogP) is 5.63. The zero-order chi connectivity index (χ0) is 15.2. The molecule has 1 aliphatic rings. The van der Waals surface area contributed by atoms with E-state index in [1.165, 1.54) is 37.7 Å². The van der Waals surface area contributed by atoms with Gasteiger partial charge < -0.3 is 0 Å². The summed E-state index contributed by atoms with van der Waals surface area (Å²) in [6.07, 6.45) is 10.2. The summed E-state index contributed by atoms with van der Waals surface area (Å²) < 4.78 is 0. The van der Waals surface area contributed by atoms with Crippen LogP contribution in [-0.4, -0.2) is 5.78 Å². The van der Waals surface area contributed by atoms with Gasteiger partial charge >= 0.3 is 0 Å². The third-order valence-corrected chi connectivity index (χ3v) is 4.50. The van der Waals surface area contributed by atoms with Crippen LogP contribution in [0.4, 0.5) is 0 Å². The van der Waals surface area contributed by atoms with Crippen molar-refractivity contribution >= 4 is 11.9 Å². The maximum atomic E-state index is 12.2. The molecule has 0 aromatic heterocycles. The molecule has 0 spiro atoms. The summed E-state index contributed by atoms with van der Waals surface area (Å²) in [4.78, 5) is 12.2. The Morgan fingerprint density at radius 3 is 2.23 bits per heavy atom. The number of benzene rings is 2. The van der Waals surface area contributed by atoms with Crippen LogP contribution in [0.2, 0.25) is 0 Å². The minimum Gasteiger partial charge on any atom is -0.289 e. The molecule has 3 rings (SSSR count). The van der Waals surface area contributed by atoms with E-state index in [0.29, 0.717) is 5.92 Å². The Morgan fingerprint density at radius 1 is 0.864 bits per heavy atom. The van der Waals surface area contributed by atoms with Crippen LogP contribution in [0.1, 0.15) is 59.5 Å². The van der Waals surface area contributed by atoms with E-state index < -0.39 is 0 Å². The summed E-state index contributed by atoms with van der Waals surface area (Å²) in [7, 11) is 0. The van der Waals surface area contributed by atoms with Gasteiger partial charge in [-0.15, -0.1) is 0 Å². The van der Waals surface area contributed by atoms with Gasteiger partial charge in [-0.3, -0.25) is 4.79 Å². The second kappa shape index (κ2) is 7.22. The van der Waals surface area contributed by atoms with E-state index in [4.69, 9.17) is 0 Å². The normalized spacial score (nSPS) is 16.0. The van der Waals surface area contributed by atoms with Crippen LogP contribution in [0.25, 0.3) is 6.08 Å². The van der Waals surface area contributed by atoms with Crippen molar-refractivity contribution in [2.24, 2.45) is 0 Å². The third kappa shape index (κ3) is 3.73. The first-order valence-corrected chi connectivity index (χ1v) is 8.20. The Balaban J connectivity index is 1.67. The maximum Gasteiger partial charge on any atom is 0.185 e. The lowest BCUT2D eigenvalue weighted by molar-refractivity contribution is 0.104. The number of carbonyl (C=O) groups excluding carboxylic acids is 1. The molecule has 0 N–H and O–H groups in total. The van der Waals surface area contributed by atoms with Crippen LogP contribution in [-0.2, 0) is 0 Å². The van der Waals surface area contributed by atoms with Crippen LogP contribution in [0.3, 0.4) is 0 Å². The molecule has 0 unspecified atom stereocenters. The highest BCUT2D eigenvalue weighted by atomic mass is 16.1. The summed E-state index contributed by atoms with van der Waals surface area (Å²) in [6.45, 7) is 0. The zero-order valence-corrected chi connectivity index (χ0v) is 12.9. The van der Waals surface area contributed by atoms with E-state index in [2.05, 4.69) is 12.1 Å². The van der Waals surface area contributed by atoms with Crippen LogP contribution >= 0.6 is 0 Å². The zero-order valence-electron chi connectivity index (χ0n) is 12.9. The van der Waals surface area contributed by atoms with Gasteiger partial charge in [-0.25, -0.2) is 0 Å². The predicted molar refractivity (Wildman–Crippen MR) is 92.1 cm³/mol. The minimum atomic E-state index is 0.0686. The summed E-state index contributed by atoms with van der Waals surface area (Å²) in [5.41, 5.74) is 3.21. The molecule has 0 aliphatic heterocycles. The van der Waals surface area contributed by atoms with Crippen molar-refractivity contribution in [2.45, 2.75) is 38.0 Å². The summed E-state index contributed by atoms with van der Waals surface area (Å²) in [5.74, 6) is 0.761. The fourth-order valence-corrected chi connectivity index (χ4v) is 3.19. The van der Waals surface area contributed by atoms with Crippen LogP contribution in [0, 0.1) is 0 Å². The summed E-state index contributed by atoms with van der Waals surface area (Å²) in [6, 6.07) is 18.1. The average Bonchev–Trinajstić information content (AvgIpc) is 2.61. The molecule has 0 heterocycles. The van der Waals surface area contributed by atoms with Gasteiger partial charge in [-0.05, 0) is 36.0 Å². The molecule has 1 nitrogen and oxygen atoms in total. The number of allylic oxidation sites excluding steroid dienone is 1. The molecule has 2 aromatic carbocycles. The molecule has 0 atom stereocenters. The minimum absolute atomic E-state index is 0.0686. The monoisotopic (exact) mass is 290 g/mol. The van der Waals surface area contributed by atoms with Gasteiger partial charge in [0.25, 0.3) is 0 Å². The summed E-state index contributed by atoms with van der Waals surface area (Å²) >= 11 is 0. The molecule has 0 amide bonds. The topological polar surface area (TPSA) is 17.1 Å². The lowest BCUT2D eigenvalue weighted by Gasteiger charge is -2.21. The summed E-state index contributed by atoms with van der Waals surface area (Å²) in [5, 5.41) is 0. The molecule has 0 radical (unpaired) electrons. The fraction of sp³-hybridized carbons (Fsp3) is 0.286. The van der Waals surface area contributed by atoms with Crippen molar-refractivity contribution in [3.8, 4) is 0 Å². The SMILES string of the molecule is O=C(C=Cc1ccccc1)c1ccc(C2CCCCC2)cc1. The number of hydrogen-bond donors (Lipinski definition) is 0. The smallest absolute Gasteiger partial charge is 0.185 e. The molecule has 1 saturated carbocycles. The number of ketones is 1. The lowest BCUT2D eigenvalue weighted by atomic mass is 9.84. The first-order chi connectivity index (χ1) is 10.8. The van der Waals surface area contributed by atoms with Gasteiger partial charge in [0.15, 0.2) is 5.78 Å². The highest BCUT2D eigenvalue weighted by Gasteiger charge is 2.15. The van der Waals surface area contributed by atoms with Gasteiger partial charge in [-0.2, -0.15) is 0 Å². The second-order valence-electron chi connectivity index (χ2n) is 6.07. The Bertz CT molecular complexity index is 631. The van der Waals surface area contributed by atoms with Crippen molar-refractivity contribution in [1.29, 1.82) is 0 Å². The number of hydrogen-bond acceptors (Lipinski definition) is 1. The fourth-order valence-electron chi connectivity index (χ4n) is 3.19. The standard InChI is InChI=1S/C21H22O/c22-21(16-11-17-7-3-1-4-8-17)20-14-12-19(13-15-20)18-9-5-2-6-10-18/h1,3-4,7-8,11-16,18H,2,5-6,9-10H2. The van der Waals surface area contributed by atoms with Gasteiger partial charge in [0.1, 0.15) is 0 Å². The van der Waals surface area contributed by atoms with E-state index in [9.17, 15) is 4.79 Å². The first-order valence-electron chi connectivity index (χ1n) is 8.20. The largest absolute Gasteiger partial charge is 0.289 e. The quantitative estimate of drug-likeness (QED) is 0.527. The van der Waals surface area contributed by atoms with Crippen molar-refractivity contribution < 1.29 is 4.79 Å². The number of carbonyl (C=O) groups is 1. The molecule has 0 bridgehead atoms. The highest BCUT2D eigenvalue weighted by Crippen LogP contribution is 2.32. The average molecular weight is 290 g/mol. The molecule has 1 heteroatoms. The molecule has 0 saturated heterocycles. The van der Waals surface area contributed by atoms with Crippen LogP contribution < -0.4 is 0 Å². The molecular formula is C21H22O. The van der Waals surface area contributed by atoms with Gasteiger partial charge in [0.05, 0.1) is 0 Å². The highest BCUT2D eigenvalue weighted by molar-refractivity contribution is 6.06. The Kier molecular flexibility index (Phi) is 4.85. The molecule has 2 aromatic rings. The molecule has 112 valence electrons. The molecule has 1 fully saturated rings. The lowest BCUT2D eigenvalue weighted by Crippen LogP contribution is -2.04. The van der Waals surface area contributed by atoms with Crippen LogP contribution in [0.15, 0.2) is 60.7 Å². The van der Waals surface area contributed by atoms with Crippen molar-refractivity contribution in [3.05, 3.63) is 77.4 Å². The third-order valence-electron chi connectivity index (χ3n) is 4.50. The van der Waals surface area contributed by atoms with E-state index in [-0.39, 0.29) is 5.78 Å². The second-order valence-corrected chi connectivity index (χ2v) is 6.07. The van der Waals surface area contributed by atoms with Gasteiger partial charge in [-0.1, -0.05) is 79.9 Å². The van der Waals surface area contributed by atoms with E-state index in [0.717, 1.165) is 11.1 Å². The van der Waals surface area contributed by atoms with Crippen molar-refractivity contribution in [2.75, 3.05) is 0 Å². The Hall–Kier alpha value is -2.15. The van der Waals surface area contributed by atoms with Crippen LogP contribution in [0.5, 0.6) is 0 Å². The van der Waals surface area contributed by atoms with E-state index >= 15 is 0 Å². The van der Waals surface area contributed by atoms with E-state index in [1.54, 1.807) is 6.08 Å². The van der Waals surface area contributed by atoms with Crippen molar-refractivity contribution in [3.63, 3.8) is 0 Å². The molecule has 1 aliphatic carbocycles. The Morgan fingerprint density at radius 2 is 1.55 bits per heavy atom. The Labute approximate surface area is 132 Å². The van der Waals surface area contributed by atoms with E-state index in [1.807, 2.05) is 48.5 Å². The molecular weight excluding hydrogens is 268 g/mol. The molecule has 22 heavy (non-hydrogen) atoms. The van der Waals surface area contributed by atoms with Gasteiger partial charge in [0, 0.05) is 5.56 Å². The number of rotatable bonds is 4. The van der Waals surface area contributed by atoms with Crippen molar-refractivity contribution in [1.82, 2.24) is 0 Å². The van der Waals surface area contributed by atoms with Gasteiger partial charge in [0.2, 0.25) is 0 Å². The first kappa shape index (κ1) is 14.8. The maximum absolute atomic E-state index is 12.2.